The van der Waals surface area contributed by atoms with Crippen LogP contribution in [-0.4, -0.2) is 34.5 Å². The van der Waals surface area contributed by atoms with E-state index in [2.05, 4.69) is 21.2 Å². The standard InChI is InChI=1S/C16H15BrN2O4/c17-12-6-4-11(5-7-12)15(22)14(16(23)18-8-10-20)19-9-2-1-3-13(19)21/h1-7,9,14,20H,8,10H2,(H,18,23). The van der Waals surface area contributed by atoms with Gasteiger partial charge in [0.1, 0.15) is 0 Å². The highest BCUT2D eigenvalue weighted by molar-refractivity contribution is 9.10. The highest BCUT2D eigenvalue weighted by atomic mass is 79.9. The van der Waals surface area contributed by atoms with E-state index in [-0.39, 0.29) is 13.2 Å². The monoisotopic (exact) mass is 378 g/mol. The predicted octanol–water partition coefficient (Wildman–Crippen LogP) is 1.14. The van der Waals surface area contributed by atoms with Crippen LogP contribution >= 0.6 is 15.9 Å². The maximum absolute atomic E-state index is 12.7. The maximum atomic E-state index is 12.7. The molecule has 0 aliphatic carbocycles. The number of halogens is 1. The summed E-state index contributed by atoms with van der Waals surface area (Å²) in [4.78, 5) is 37.0. The molecule has 6 nitrogen and oxygen atoms in total. The fourth-order valence-corrected chi connectivity index (χ4v) is 2.34. The Hall–Kier alpha value is -2.25. The van der Waals surface area contributed by atoms with E-state index in [9.17, 15) is 14.4 Å². The minimum absolute atomic E-state index is 0.00450. The van der Waals surface area contributed by atoms with Crippen molar-refractivity contribution in [2.24, 2.45) is 0 Å². The highest BCUT2D eigenvalue weighted by Gasteiger charge is 2.29. The Morgan fingerprint density at radius 3 is 2.48 bits per heavy atom. The third-order valence-corrected chi connectivity index (χ3v) is 3.69. The van der Waals surface area contributed by atoms with Crippen LogP contribution in [0, 0.1) is 0 Å². The third kappa shape index (κ3) is 4.14. The number of benzene rings is 1. The lowest BCUT2D eigenvalue weighted by Gasteiger charge is -2.18. The van der Waals surface area contributed by atoms with Crippen molar-refractivity contribution >= 4 is 27.6 Å². The van der Waals surface area contributed by atoms with Gasteiger partial charge in [0, 0.05) is 28.8 Å². The average Bonchev–Trinajstić information content (AvgIpc) is 2.55. The summed E-state index contributed by atoms with van der Waals surface area (Å²) in [5.41, 5.74) is -0.143. The molecule has 1 atom stereocenters. The van der Waals surface area contributed by atoms with Crippen molar-refractivity contribution in [1.82, 2.24) is 9.88 Å². The lowest BCUT2D eigenvalue weighted by atomic mass is 10.0. The van der Waals surface area contributed by atoms with Gasteiger partial charge >= 0.3 is 0 Å². The fourth-order valence-electron chi connectivity index (χ4n) is 2.07. The number of hydrogen-bond acceptors (Lipinski definition) is 4. The molecule has 2 rings (SSSR count). The van der Waals surface area contributed by atoms with Crippen LogP contribution in [0.5, 0.6) is 0 Å². The maximum Gasteiger partial charge on any atom is 0.251 e. The second-order valence-electron chi connectivity index (χ2n) is 4.73. The Morgan fingerprint density at radius 1 is 1.17 bits per heavy atom. The Morgan fingerprint density at radius 2 is 1.87 bits per heavy atom. The number of pyridine rings is 1. The number of aliphatic hydroxyl groups excluding tert-OH is 1. The van der Waals surface area contributed by atoms with Crippen LogP contribution < -0.4 is 10.9 Å². The molecule has 23 heavy (non-hydrogen) atoms. The summed E-state index contributed by atoms with van der Waals surface area (Å²) in [6.07, 6.45) is 1.39. The van der Waals surface area contributed by atoms with Crippen LogP contribution in [0.3, 0.4) is 0 Å². The van der Waals surface area contributed by atoms with E-state index in [0.29, 0.717) is 5.56 Å². The number of Topliss-reactive ketones (excluding diaryl/α,β-unsaturated/α-hetero) is 1. The molecule has 0 radical (unpaired) electrons. The molecule has 0 bridgehead atoms. The first-order valence-electron chi connectivity index (χ1n) is 6.90. The van der Waals surface area contributed by atoms with Crippen LogP contribution in [0.4, 0.5) is 0 Å². The van der Waals surface area contributed by atoms with Crippen LogP contribution in [0.15, 0.2) is 57.9 Å². The minimum atomic E-state index is -1.32. The lowest BCUT2D eigenvalue weighted by Crippen LogP contribution is -2.42. The van der Waals surface area contributed by atoms with Gasteiger partial charge in [-0.15, -0.1) is 0 Å². The molecule has 120 valence electrons. The normalized spacial score (nSPS) is 11.7. The van der Waals surface area contributed by atoms with Gasteiger partial charge < -0.3 is 10.4 Å². The van der Waals surface area contributed by atoms with E-state index < -0.39 is 23.3 Å². The second-order valence-corrected chi connectivity index (χ2v) is 5.65. The topological polar surface area (TPSA) is 88.4 Å². The van der Waals surface area contributed by atoms with E-state index >= 15 is 0 Å². The Balaban J connectivity index is 2.43. The van der Waals surface area contributed by atoms with Crippen LogP contribution in [0.2, 0.25) is 0 Å². The number of hydrogen-bond donors (Lipinski definition) is 2. The van der Waals surface area contributed by atoms with E-state index in [0.717, 1.165) is 9.04 Å². The lowest BCUT2D eigenvalue weighted by molar-refractivity contribution is -0.123. The summed E-state index contributed by atoms with van der Waals surface area (Å²) < 4.78 is 1.88. The molecule has 0 saturated carbocycles. The highest BCUT2D eigenvalue weighted by Crippen LogP contribution is 2.17. The summed E-state index contributed by atoms with van der Waals surface area (Å²) in [7, 11) is 0. The molecule has 0 aliphatic rings. The number of carbonyl (C=O) groups is 2. The zero-order valence-corrected chi connectivity index (χ0v) is 13.7. The number of ketones is 1. The quantitative estimate of drug-likeness (QED) is 0.582. The summed E-state index contributed by atoms with van der Waals surface area (Å²) in [6.45, 7) is -0.251. The van der Waals surface area contributed by atoms with Crippen LogP contribution in [0.1, 0.15) is 16.4 Å². The minimum Gasteiger partial charge on any atom is -0.395 e. The zero-order chi connectivity index (χ0) is 16.8. The van der Waals surface area contributed by atoms with Crippen molar-refractivity contribution < 1.29 is 14.7 Å². The Bertz CT molecular complexity index is 755. The fraction of sp³-hybridized carbons (Fsp3) is 0.188. The number of rotatable bonds is 6. The molecular formula is C16H15BrN2O4. The smallest absolute Gasteiger partial charge is 0.251 e. The van der Waals surface area contributed by atoms with Gasteiger partial charge in [-0.25, -0.2) is 0 Å². The molecule has 1 amide bonds. The van der Waals surface area contributed by atoms with Gasteiger partial charge in [-0.1, -0.05) is 34.1 Å². The summed E-state index contributed by atoms with van der Waals surface area (Å²) >= 11 is 3.28. The number of aliphatic hydroxyl groups is 1. The number of amides is 1. The van der Waals surface area contributed by atoms with Crippen molar-refractivity contribution in [2.75, 3.05) is 13.2 Å². The van der Waals surface area contributed by atoms with E-state index in [1.165, 1.54) is 18.3 Å². The Labute approximate surface area is 140 Å². The molecule has 0 aliphatic heterocycles. The first-order chi connectivity index (χ1) is 11.0. The first-order valence-corrected chi connectivity index (χ1v) is 7.69. The largest absolute Gasteiger partial charge is 0.395 e. The number of nitrogens with one attached hydrogen (secondary N) is 1. The molecule has 2 aromatic rings. The summed E-state index contributed by atoms with van der Waals surface area (Å²) in [5.74, 6) is -1.14. The van der Waals surface area contributed by atoms with Crippen molar-refractivity contribution in [2.45, 2.75) is 6.04 Å². The molecule has 1 unspecified atom stereocenters. The van der Waals surface area contributed by atoms with Gasteiger partial charge in [-0.2, -0.15) is 0 Å². The zero-order valence-electron chi connectivity index (χ0n) is 12.1. The van der Waals surface area contributed by atoms with Gasteiger partial charge in [-0.3, -0.25) is 19.0 Å². The van der Waals surface area contributed by atoms with Gasteiger partial charge in [0.2, 0.25) is 0 Å². The SMILES string of the molecule is O=C(NCCO)C(C(=O)c1ccc(Br)cc1)n1ccccc1=O. The van der Waals surface area contributed by atoms with Gasteiger partial charge in [0.05, 0.1) is 6.61 Å². The molecule has 1 heterocycles. The van der Waals surface area contributed by atoms with E-state index in [4.69, 9.17) is 5.11 Å². The molecule has 1 aromatic heterocycles. The molecule has 2 N–H and O–H groups in total. The molecule has 0 spiro atoms. The van der Waals surface area contributed by atoms with Crippen molar-refractivity contribution in [1.29, 1.82) is 0 Å². The summed E-state index contributed by atoms with van der Waals surface area (Å²) in [5, 5.41) is 11.3. The van der Waals surface area contributed by atoms with Gasteiger partial charge in [0.25, 0.3) is 11.5 Å². The van der Waals surface area contributed by atoms with Crippen molar-refractivity contribution in [3.8, 4) is 0 Å². The van der Waals surface area contributed by atoms with E-state index in [1.54, 1.807) is 30.3 Å². The predicted molar refractivity (Wildman–Crippen MR) is 88.3 cm³/mol. The molecule has 0 saturated heterocycles. The second kappa shape index (κ2) is 7.85. The van der Waals surface area contributed by atoms with Crippen LogP contribution in [-0.2, 0) is 4.79 Å². The third-order valence-electron chi connectivity index (χ3n) is 3.17. The molecule has 7 heteroatoms. The number of aromatic nitrogens is 1. The number of carbonyl (C=O) groups excluding carboxylic acids is 2. The van der Waals surface area contributed by atoms with Gasteiger partial charge in [0.15, 0.2) is 11.8 Å². The average molecular weight is 379 g/mol. The van der Waals surface area contributed by atoms with Crippen LogP contribution in [0.25, 0.3) is 0 Å². The molecule has 1 aromatic carbocycles. The molecular weight excluding hydrogens is 364 g/mol. The number of nitrogens with zero attached hydrogens (tertiary/aromatic N) is 1. The summed E-state index contributed by atoms with van der Waals surface area (Å²) in [6, 6.07) is 9.58. The molecule has 0 fully saturated rings. The first kappa shape index (κ1) is 17.1. The van der Waals surface area contributed by atoms with E-state index in [1.807, 2.05) is 0 Å². The van der Waals surface area contributed by atoms with Gasteiger partial charge in [-0.05, 0) is 18.2 Å². The van der Waals surface area contributed by atoms with Crippen molar-refractivity contribution in [3.05, 3.63) is 69.1 Å². The Kier molecular flexibility index (Phi) is 5.84. The van der Waals surface area contributed by atoms with Crippen molar-refractivity contribution in [3.63, 3.8) is 0 Å².